The van der Waals surface area contributed by atoms with Crippen molar-refractivity contribution in [2.45, 2.75) is 37.0 Å². The Hall–Kier alpha value is -3.58. The van der Waals surface area contributed by atoms with Crippen molar-refractivity contribution >= 4 is 15.9 Å². The van der Waals surface area contributed by atoms with Crippen LogP contribution in [0.5, 0.6) is 5.75 Å². The summed E-state index contributed by atoms with van der Waals surface area (Å²) in [7, 11) is -1.01. The maximum absolute atomic E-state index is 13.1. The van der Waals surface area contributed by atoms with Gasteiger partial charge in [-0.05, 0) is 30.5 Å². The number of carbonyl (C=O) groups is 1. The Bertz CT molecular complexity index is 1400. The van der Waals surface area contributed by atoms with E-state index >= 15 is 0 Å². The fourth-order valence-electron chi connectivity index (χ4n) is 3.81. The van der Waals surface area contributed by atoms with Crippen molar-refractivity contribution in [3.8, 4) is 5.75 Å². The van der Waals surface area contributed by atoms with Crippen LogP contribution in [-0.4, -0.2) is 49.9 Å². The molecule has 34 heavy (non-hydrogen) atoms. The van der Waals surface area contributed by atoms with Crippen molar-refractivity contribution in [2.24, 2.45) is 7.05 Å². The van der Waals surface area contributed by atoms with Crippen molar-refractivity contribution < 1.29 is 22.7 Å². The number of sulfonamides is 1. The van der Waals surface area contributed by atoms with Gasteiger partial charge in [-0.3, -0.25) is 14.2 Å². The standard InChI is InChI=1S/C21H23FN6O5S/c1-26-11-16(24-12-26)34(32,33)27(2)15-4-3-9-28-19(15)25-17(18(29)21(28)31)20(30)23-10-13-5-7-14(22)8-6-13/h5-8,11-12,15,29H,3-4,9-10H2,1-2H3,(H,23,30). The molecule has 0 bridgehead atoms. The minimum Gasteiger partial charge on any atom is -0.501 e. The number of rotatable bonds is 6. The van der Waals surface area contributed by atoms with Gasteiger partial charge in [-0.2, -0.15) is 4.31 Å². The van der Waals surface area contributed by atoms with E-state index in [9.17, 15) is 27.5 Å². The molecule has 4 rings (SSSR count). The monoisotopic (exact) mass is 490 g/mol. The van der Waals surface area contributed by atoms with Gasteiger partial charge in [0.2, 0.25) is 5.75 Å². The van der Waals surface area contributed by atoms with E-state index in [1.165, 1.54) is 53.0 Å². The third-order valence-electron chi connectivity index (χ3n) is 5.68. The number of hydrogen-bond donors (Lipinski definition) is 2. The fourth-order valence-corrected chi connectivity index (χ4v) is 5.12. The first-order valence-electron chi connectivity index (χ1n) is 10.4. The minimum atomic E-state index is -4.01. The number of imidazole rings is 1. The second-order valence-corrected chi connectivity index (χ2v) is 9.93. The van der Waals surface area contributed by atoms with Crippen LogP contribution in [0.15, 0.2) is 46.6 Å². The number of amides is 1. The molecule has 13 heteroatoms. The van der Waals surface area contributed by atoms with E-state index in [2.05, 4.69) is 15.3 Å². The Morgan fingerprint density at radius 1 is 1.32 bits per heavy atom. The largest absolute Gasteiger partial charge is 0.501 e. The normalized spacial score (nSPS) is 15.8. The van der Waals surface area contributed by atoms with Gasteiger partial charge in [0, 0.05) is 33.4 Å². The smallest absolute Gasteiger partial charge is 0.296 e. The zero-order valence-corrected chi connectivity index (χ0v) is 19.3. The first kappa shape index (κ1) is 23.6. The molecule has 2 N–H and O–H groups in total. The third kappa shape index (κ3) is 4.31. The van der Waals surface area contributed by atoms with Gasteiger partial charge in [-0.25, -0.2) is 22.8 Å². The van der Waals surface area contributed by atoms with Crippen molar-refractivity contribution in [1.29, 1.82) is 0 Å². The second kappa shape index (κ2) is 8.99. The van der Waals surface area contributed by atoms with Gasteiger partial charge in [0.05, 0.1) is 12.4 Å². The molecule has 0 saturated heterocycles. The van der Waals surface area contributed by atoms with Gasteiger partial charge in [0.1, 0.15) is 11.6 Å². The number of aromatic nitrogens is 4. The van der Waals surface area contributed by atoms with Crippen LogP contribution < -0.4 is 10.9 Å². The molecule has 1 atom stereocenters. The highest BCUT2D eigenvalue weighted by molar-refractivity contribution is 7.89. The topological polar surface area (TPSA) is 139 Å². The van der Waals surface area contributed by atoms with E-state index in [-0.39, 0.29) is 23.9 Å². The molecule has 180 valence electrons. The third-order valence-corrected chi connectivity index (χ3v) is 7.43. The van der Waals surface area contributed by atoms with E-state index in [4.69, 9.17) is 0 Å². The molecular formula is C21H23FN6O5S. The maximum atomic E-state index is 13.1. The van der Waals surface area contributed by atoms with Crippen LogP contribution in [0.1, 0.15) is 40.8 Å². The molecule has 0 fully saturated rings. The van der Waals surface area contributed by atoms with Gasteiger partial charge in [-0.15, -0.1) is 0 Å². The molecule has 0 aliphatic carbocycles. The summed E-state index contributed by atoms with van der Waals surface area (Å²) >= 11 is 0. The summed E-state index contributed by atoms with van der Waals surface area (Å²) in [5.74, 6) is -2.01. The quantitative estimate of drug-likeness (QED) is 0.523. The molecule has 0 saturated carbocycles. The summed E-state index contributed by atoms with van der Waals surface area (Å²) in [4.78, 5) is 33.7. The van der Waals surface area contributed by atoms with Crippen LogP contribution in [0.4, 0.5) is 4.39 Å². The Labute approximate surface area is 194 Å². The van der Waals surface area contributed by atoms with Crippen LogP contribution in [0.3, 0.4) is 0 Å². The van der Waals surface area contributed by atoms with Crippen molar-refractivity contribution in [3.05, 3.63) is 70.0 Å². The lowest BCUT2D eigenvalue weighted by Crippen LogP contribution is -2.40. The molecule has 1 aliphatic rings. The summed E-state index contributed by atoms with van der Waals surface area (Å²) in [6.07, 6.45) is 3.55. The Balaban J connectivity index is 1.66. The van der Waals surface area contributed by atoms with E-state index in [0.717, 1.165) is 4.31 Å². The zero-order valence-electron chi connectivity index (χ0n) is 18.5. The van der Waals surface area contributed by atoms with Crippen molar-refractivity contribution in [3.63, 3.8) is 0 Å². The molecule has 3 heterocycles. The molecular weight excluding hydrogens is 467 g/mol. The number of benzene rings is 1. The minimum absolute atomic E-state index is 0.00996. The average molecular weight is 491 g/mol. The van der Waals surface area contributed by atoms with E-state index in [1.54, 1.807) is 7.05 Å². The van der Waals surface area contributed by atoms with Crippen LogP contribution >= 0.6 is 0 Å². The van der Waals surface area contributed by atoms with Crippen LogP contribution in [0.2, 0.25) is 0 Å². The van der Waals surface area contributed by atoms with Crippen molar-refractivity contribution in [1.82, 2.24) is 28.7 Å². The number of hydrogen-bond acceptors (Lipinski definition) is 7. The number of nitrogens with one attached hydrogen (secondary N) is 1. The Morgan fingerprint density at radius 2 is 2.03 bits per heavy atom. The van der Waals surface area contributed by atoms with Gasteiger partial charge in [-0.1, -0.05) is 12.1 Å². The molecule has 0 spiro atoms. The number of nitrogens with zero attached hydrogens (tertiary/aromatic N) is 5. The highest BCUT2D eigenvalue weighted by Crippen LogP contribution is 2.32. The molecule has 1 amide bonds. The molecule has 2 aromatic heterocycles. The summed E-state index contributed by atoms with van der Waals surface area (Å²) in [6, 6.07) is 4.60. The lowest BCUT2D eigenvalue weighted by Gasteiger charge is -2.32. The zero-order chi connectivity index (χ0) is 24.6. The molecule has 1 aromatic carbocycles. The lowest BCUT2D eigenvalue weighted by molar-refractivity contribution is 0.0940. The summed E-state index contributed by atoms with van der Waals surface area (Å²) in [6.45, 7) is 0.232. The van der Waals surface area contributed by atoms with Crippen molar-refractivity contribution in [2.75, 3.05) is 7.05 Å². The molecule has 11 nitrogen and oxygen atoms in total. The summed E-state index contributed by atoms with van der Waals surface area (Å²) in [5.41, 5.74) is -0.734. The Morgan fingerprint density at radius 3 is 2.68 bits per heavy atom. The first-order valence-corrected chi connectivity index (χ1v) is 11.9. The molecule has 0 radical (unpaired) electrons. The molecule has 1 aliphatic heterocycles. The van der Waals surface area contributed by atoms with E-state index < -0.39 is 44.8 Å². The molecule has 3 aromatic rings. The Kier molecular flexibility index (Phi) is 6.23. The van der Waals surface area contributed by atoms with E-state index in [0.29, 0.717) is 18.4 Å². The predicted octanol–water partition coefficient (Wildman–Crippen LogP) is 0.907. The van der Waals surface area contributed by atoms with E-state index in [1.807, 2.05) is 0 Å². The number of aromatic hydroxyl groups is 1. The maximum Gasteiger partial charge on any atom is 0.296 e. The summed E-state index contributed by atoms with van der Waals surface area (Å²) < 4.78 is 43.0. The SMILES string of the molecule is CN(C1CCCn2c1nc(C(=O)NCc1ccc(F)cc1)c(O)c2=O)S(=O)(=O)c1cn(C)cn1. The van der Waals surface area contributed by atoms with Gasteiger partial charge < -0.3 is 15.0 Å². The number of carbonyl (C=O) groups excluding carboxylic acids is 1. The number of fused-ring (bicyclic) bond motifs is 1. The van der Waals surface area contributed by atoms with Gasteiger partial charge in [0.15, 0.2) is 10.7 Å². The number of halogens is 1. The van der Waals surface area contributed by atoms with Gasteiger partial charge >= 0.3 is 0 Å². The summed E-state index contributed by atoms with van der Waals surface area (Å²) in [5, 5.41) is 12.7. The molecule has 1 unspecified atom stereocenters. The van der Waals surface area contributed by atoms with Crippen LogP contribution in [0.25, 0.3) is 0 Å². The predicted molar refractivity (Wildman–Crippen MR) is 118 cm³/mol. The highest BCUT2D eigenvalue weighted by Gasteiger charge is 2.36. The van der Waals surface area contributed by atoms with Crippen LogP contribution in [0, 0.1) is 5.82 Å². The van der Waals surface area contributed by atoms with Gasteiger partial charge in [0.25, 0.3) is 21.5 Å². The first-order chi connectivity index (χ1) is 16.1. The average Bonchev–Trinajstić information content (AvgIpc) is 3.27. The number of aryl methyl sites for hydroxylation is 1. The second-order valence-electron chi connectivity index (χ2n) is 7.99. The van der Waals surface area contributed by atoms with Crippen LogP contribution in [-0.2, 0) is 30.2 Å². The lowest BCUT2D eigenvalue weighted by atomic mass is 10.1. The highest BCUT2D eigenvalue weighted by atomic mass is 32.2. The fraction of sp³-hybridized carbons (Fsp3) is 0.333.